The molecule has 1 aliphatic carbocycles. The summed E-state index contributed by atoms with van der Waals surface area (Å²) in [6.07, 6.45) is 7.42. The van der Waals surface area contributed by atoms with Crippen molar-refractivity contribution in [2.24, 2.45) is 0 Å². The van der Waals surface area contributed by atoms with Gasteiger partial charge in [0.2, 0.25) is 0 Å². The lowest BCUT2D eigenvalue weighted by molar-refractivity contribution is 0.187. The molecule has 0 bridgehead atoms. The fourth-order valence-corrected chi connectivity index (χ4v) is 3.29. The standard InChI is InChI=1S/C16H22N4O/c1-2-6-18-14-10-21-9-12(14)16-19-13-8-17-7-5-15(13)20(16)11-3-4-11/h5,7-8,11-12,14,18H,2-4,6,9-10H2,1H3. The highest BCUT2D eigenvalue weighted by atomic mass is 16.5. The lowest BCUT2D eigenvalue weighted by atomic mass is 10.0. The minimum Gasteiger partial charge on any atom is -0.379 e. The van der Waals surface area contributed by atoms with Crippen LogP contribution in [0.3, 0.4) is 0 Å². The molecular weight excluding hydrogens is 264 g/mol. The Morgan fingerprint density at radius 1 is 1.38 bits per heavy atom. The van der Waals surface area contributed by atoms with Crippen LogP contribution in [0.4, 0.5) is 0 Å². The number of imidazole rings is 1. The Morgan fingerprint density at radius 3 is 3.10 bits per heavy atom. The fourth-order valence-electron chi connectivity index (χ4n) is 3.29. The van der Waals surface area contributed by atoms with Crippen molar-refractivity contribution in [3.63, 3.8) is 0 Å². The van der Waals surface area contributed by atoms with E-state index in [2.05, 4.69) is 27.9 Å². The van der Waals surface area contributed by atoms with E-state index < -0.39 is 0 Å². The van der Waals surface area contributed by atoms with E-state index in [1.807, 2.05) is 12.4 Å². The Balaban J connectivity index is 1.73. The zero-order chi connectivity index (χ0) is 14.2. The minimum atomic E-state index is 0.351. The molecule has 1 N–H and O–H groups in total. The second kappa shape index (κ2) is 5.39. The molecule has 21 heavy (non-hydrogen) atoms. The Bertz CT molecular complexity index is 634. The van der Waals surface area contributed by atoms with Crippen LogP contribution in [0.5, 0.6) is 0 Å². The van der Waals surface area contributed by atoms with Gasteiger partial charge in [0, 0.05) is 18.3 Å². The molecule has 2 aromatic rings. The molecule has 5 heteroatoms. The number of hydrogen-bond acceptors (Lipinski definition) is 4. The first-order valence-corrected chi connectivity index (χ1v) is 8.01. The molecule has 0 amide bonds. The molecule has 5 nitrogen and oxygen atoms in total. The number of aromatic nitrogens is 3. The third-order valence-corrected chi connectivity index (χ3v) is 4.50. The number of fused-ring (bicyclic) bond motifs is 1. The van der Waals surface area contributed by atoms with Gasteiger partial charge in [-0.25, -0.2) is 4.98 Å². The summed E-state index contributed by atoms with van der Waals surface area (Å²) in [6.45, 7) is 4.79. The van der Waals surface area contributed by atoms with Crippen LogP contribution in [-0.4, -0.2) is 40.3 Å². The highest BCUT2D eigenvalue weighted by Crippen LogP contribution is 2.41. The Kier molecular flexibility index (Phi) is 3.39. The third kappa shape index (κ3) is 2.34. The lowest BCUT2D eigenvalue weighted by Gasteiger charge is -2.20. The van der Waals surface area contributed by atoms with E-state index in [1.165, 1.54) is 24.2 Å². The van der Waals surface area contributed by atoms with Crippen molar-refractivity contribution in [3.8, 4) is 0 Å². The zero-order valence-electron chi connectivity index (χ0n) is 12.5. The largest absolute Gasteiger partial charge is 0.379 e. The van der Waals surface area contributed by atoms with E-state index in [1.54, 1.807) is 0 Å². The predicted octanol–water partition coefficient (Wildman–Crippen LogP) is 2.25. The fraction of sp³-hybridized carbons (Fsp3) is 0.625. The second-order valence-electron chi connectivity index (χ2n) is 6.14. The number of nitrogens with zero attached hydrogens (tertiary/aromatic N) is 3. The van der Waals surface area contributed by atoms with E-state index >= 15 is 0 Å². The van der Waals surface area contributed by atoms with Gasteiger partial charge in [-0.1, -0.05) is 6.92 Å². The molecule has 2 unspecified atom stereocenters. The summed E-state index contributed by atoms with van der Waals surface area (Å²) in [5, 5.41) is 3.62. The zero-order valence-corrected chi connectivity index (χ0v) is 12.5. The summed E-state index contributed by atoms with van der Waals surface area (Å²) in [5.41, 5.74) is 2.24. The van der Waals surface area contributed by atoms with Crippen LogP contribution in [0, 0.1) is 0 Å². The second-order valence-corrected chi connectivity index (χ2v) is 6.14. The van der Waals surface area contributed by atoms with Gasteiger partial charge >= 0.3 is 0 Å². The average Bonchev–Trinajstić information content (AvgIpc) is 3.12. The highest BCUT2D eigenvalue weighted by Gasteiger charge is 2.37. The molecule has 4 rings (SSSR count). The van der Waals surface area contributed by atoms with Gasteiger partial charge in [-0.15, -0.1) is 0 Å². The molecule has 2 aromatic heterocycles. The van der Waals surface area contributed by atoms with Crippen LogP contribution >= 0.6 is 0 Å². The topological polar surface area (TPSA) is 52.0 Å². The summed E-state index contributed by atoms with van der Waals surface area (Å²) < 4.78 is 8.18. The molecule has 112 valence electrons. The molecule has 2 atom stereocenters. The maximum Gasteiger partial charge on any atom is 0.117 e. The summed E-state index contributed by atoms with van der Waals surface area (Å²) >= 11 is 0. The van der Waals surface area contributed by atoms with Crippen molar-refractivity contribution in [1.29, 1.82) is 0 Å². The van der Waals surface area contributed by atoms with Crippen molar-refractivity contribution in [2.45, 2.75) is 44.2 Å². The number of ether oxygens (including phenoxy) is 1. The molecular formula is C16H22N4O. The quantitative estimate of drug-likeness (QED) is 0.916. The predicted molar refractivity (Wildman–Crippen MR) is 81.4 cm³/mol. The number of nitrogens with one attached hydrogen (secondary N) is 1. The summed E-state index contributed by atoms with van der Waals surface area (Å²) in [7, 11) is 0. The molecule has 0 radical (unpaired) electrons. The van der Waals surface area contributed by atoms with Gasteiger partial charge in [0.1, 0.15) is 11.3 Å². The van der Waals surface area contributed by atoms with Gasteiger partial charge < -0.3 is 14.6 Å². The number of rotatable bonds is 5. The third-order valence-electron chi connectivity index (χ3n) is 4.50. The van der Waals surface area contributed by atoms with Crippen LogP contribution in [0.2, 0.25) is 0 Å². The Morgan fingerprint density at radius 2 is 2.29 bits per heavy atom. The van der Waals surface area contributed by atoms with Gasteiger partial charge in [0.25, 0.3) is 0 Å². The summed E-state index contributed by atoms with van der Waals surface area (Å²) in [6, 6.07) is 3.10. The van der Waals surface area contributed by atoms with Crippen molar-refractivity contribution >= 4 is 11.0 Å². The van der Waals surface area contributed by atoms with E-state index in [0.29, 0.717) is 18.0 Å². The first-order chi connectivity index (χ1) is 10.4. The Labute approximate surface area is 124 Å². The molecule has 0 aromatic carbocycles. The van der Waals surface area contributed by atoms with E-state index in [4.69, 9.17) is 9.72 Å². The van der Waals surface area contributed by atoms with E-state index in [-0.39, 0.29) is 0 Å². The molecule has 3 heterocycles. The van der Waals surface area contributed by atoms with Crippen molar-refractivity contribution in [3.05, 3.63) is 24.3 Å². The monoisotopic (exact) mass is 286 g/mol. The lowest BCUT2D eigenvalue weighted by Crippen LogP contribution is -2.35. The maximum absolute atomic E-state index is 5.74. The van der Waals surface area contributed by atoms with Crippen LogP contribution < -0.4 is 5.32 Å². The highest BCUT2D eigenvalue weighted by molar-refractivity contribution is 5.75. The van der Waals surface area contributed by atoms with Gasteiger partial charge in [-0.05, 0) is 31.9 Å². The van der Waals surface area contributed by atoms with Crippen molar-refractivity contribution < 1.29 is 4.74 Å². The van der Waals surface area contributed by atoms with Crippen LogP contribution in [0.25, 0.3) is 11.0 Å². The molecule has 1 aliphatic heterocycles. The van der Waals surface area contributed by atoms with Gasteiger partial charge in [0.05, 0.1) is 30.8 Å². The van der Waals surface area contributed by atoms with Gasteiger partial charge in [-0.2, -0.15) is 0 Å². The molecule has 2 fully saturated rings. The van der Waals surface area contributed by atoms with Crippen molar-refractivity contribution in [2.75, 3.05) is 19.8 Å². The molecule has 1 saturated carbocycles. The first kappa shape index (κ1) is 13.2. The summed E-state index contributed by atoms with van der Waals surface area (Å²) in [5.74, 6) is 1.54. The average molecular weight is 286 g/mol. The SMILES string of the molecule is CCCNC1COCC1c1nc2cnccc2n1C1CC1. The smallest absolute Gasteiger partial charge is 0.117 e. The minimum absolute atomic E-state index is 0.351. The normalized spacial score (nSPS) is 25.8. The summed E-state index contributed by atoms with van der Waals surface area (Å²) in [4.78, 5) is 9.11. The van der Waals surface area contributed by atoms with E-state index in [9.17, 15) is 0 Å². The number of pyridine rings is 1. The molecule has 0 spiro atoms. The first-order valence-electron chi connectivity index (χ1n) is 8.01. The van der Waals surface area contributed by atoms with Crippen LogP contribution in [0.1, 0.15) is 44.0 Å². The van der Waals surface area contributed by atoms with Crippen LogP contribution in [0.15, 0.2) is 18.5 Å². The molecule has 2 aliphatic rings. The van der Waals surface area contributed by atoms with Crippen molar-refractivity contribution in [1.82, 2.24) is 19.9 Å². The number of hydrogen-bond donors (Lipinski definition) is 1. The maximum atomic E-state index is 5.74. The van der Waals surface area contributed by atoms with Gasteiger partial charge in [-0.3, -0.25) is 4.98 Å². The van der Waals surface area contributed by atoms with E-state index in [0.717, 1.165) is 31.7 Å². The van der Waals surface area contributed by atoms with Gasteiger partial charge in [0.15, 0.2) is 0 Å². The van der Waals surface area contributed by atoms with Crippen LogP contribution in [-0.2, 0) is 4.74 Å². The Hall–Kier alpha value is -1.46. The molecule has 1 saturated heterocycles.